The highest BCUT2D eigenvalue weighted by Crippen LogP contribution is 2.34. The van der Waals surface area contributed by atoms with Crippen LogP contribution in [0.1, 0.15) is 42.7 Å². The van der Waals surface area contributed by atoms with Crippen molar-refractivity contribution in [3.8, 4) is 16.9 Å². The predicted octanol–water partition coefficient (Wildman–Crippen LogP) is 7.56. The third-order valence-electron chi connectivity index (χ3n) is 7.43. The van der Waals surface area contributed by atoms with Crippen LogP contribution in [0.2, 0.25) is 15.1 Å². The average molecular weight is 560 g/mol. The smallest absolute Gasteiger partial charge is 0.274 e. The molecule has 2 aromatic carbocycles. The van der Waals surface area contributed by atoms with Gasteiger partial charge in [0.15, 0.2) is 5.69 Å². The second-order valence-corrected chi connectivity index (χ2v) is 10.9. The Hall–Kier alpha value is -2.31. The molecule has 1 amide bonds. The molecule has 1 fully saturated rings. The largest absolute Gasteiger partial charge is 0.335 e. The molecule has 1 saturated heterocycles. The van der Waals surface area contributed by atoms with E-state index in [9.17, 15) is 4.79 Å². The first-order valence-electron chi connectivity index (χ1n) is 12.7. The number of carbonyl (C=O) groups excluding carboxylic acids is 1. The standard InChI is InChI=1S/C29H33Cl3N4O/c1-5-7-21(6-2)20(4)34-14-16-35(17-15-34)29(37)27-19(3)28(22-8-10-23(30)11-9-22)36(33-27)26-13-12-24(31)18-25(26)32/h5,8-13,18,20-21H,1,6-7,14-17H2,2-4H3. The molecule has 8 heteroatoms. The molecule has 37 heavy (non-hydrogen) atoms. The normalized spacial score (nSPS) is 16.0. The SMILES string of the molecule is C=CCC(CC)C(C)N1CCN(C(=O)c2nn(-c3ccc(Cl)cc3Cl)c(-c3ccc(Cl)cc3)c2C)CC1. The van der Waals surface area contributed by atoms with Crippen molar-refractivity contribution >= 4 is 40.7 Å². The lowest BCUT2D eigenvalue weighted by Crippen LogP contribution is -2.53. The van der Waals surface area contributed by atoms with Crippen LogP contribution in [-0.2, 0) is 0 Å². The minimum atomic E-state index is -0.0676. The minimum absolute atomic E-state index is 0.0676. The number of aromatic nitrogens is 2. The number of hydrogen-bond donors (Lipinski definition) is 0. The quantitative estimate of drug-likeness (QED) is 0.267. The number of amides is 1. The van der Waals surface area contributed by atoms with Gasteiger partial charge in [0, 0.05) is 53.4 Å². The molecule has 1 aliphatic rings. The molecule has 2 heterocycles. The van der Waals surface area contributed by atoms with E-state index in [4.69, 9.17) is 39.9 Å². The summed E-state index contributed by atoms with van der Waals surface area (Å²) in [4.78, 5) is 18.1. The van der Waals surface area contributed by atoms with E-state index < -0.39 is 0 Å². The van der Waals surface area contributed by atoms with Gasteiger partial charge in [0.2, 0.25) is 0 Å². The maximum Gasteiger partial charge on any atom is 0.274 e. The summed E-state index contributed by atoms with van der Waals surface area (Å²) in [6, 6.07) is 13.2. The summed E-state index contributed by atoms with van der Waals surface area (Å²) in [6.07, 6.45) is 4.13. The van der Waals surface area contributed by atoms with Crippen molar-refractivity contribution in [3.63, 3.8) is 0 Å². The van der Waals surface area contributed by atoms with E-state index in [2.05, 4.69) is 25.3 Å². The fourth-order valence-electron chi connectivity index (χ4n) is 5.17. The van der Waals surface area contributed by atoms with E-state index in [0.717, 1.165) is 42.8 Å². The van der Waals surface area contributed by atoms with Crippen LogP contribution in [0.25, 0.3) is 16.9 Å². The molecular formula is C29H33Cl3N4O. The van der Waals surface area contributed by atoms with Crippen molar-refractivity contribution in [3.05, 3.63) is 81.4 Å². The number of carbonyl (C=O) groups is 1. The van der Waals surface area contributed by atoms with Crippen molar-refractivity contribution in [2.75, 3.05) is 26.2 Å². The van der Waals surface area contributed by atoms with Crippen molar-refractivity contribution in [2.24, 2.45) is 5.92 Å². The topological polar surface area (TPSA) is 41.4 Å². The number of nitrogens with zero attached hydrogens (tertiary/aromatic N) is 4. The Balaban J connectivity index is 1.64. The third kappa shape index (κ3) is 5.91. The zero-order valence-corrected chi connectivity index (χ0v) is 23.8. The average Bonchev–Trinajstić information content (AvgIpc) is 3.23. The molecule has 1 aliphatic heterocycles. The lowest BCUT2D eigenvalue weighted by molar-refractivity contribution is 0.0508. The molecule has 196 valence electrons. The highest BCUT2D eigenvalue weighted by Gasteiger charge is 2.31. The molecule has 2 unspecified atom stereocenters. The maximum absolute atomic E-state index is 13.8. The molecule has 5 nitrogen and oxygen atoms in total. The highest BCUT2D eigenvalue weighted by molar-refractivity contribution is 6.35. The lowest BCUT2D eigenvalue weighted by Gasteiger charge is -2.40. The van der Waals surface area contributed by atoms with Crippen LogP contribution in [0.4, 0.5) is 0 Å². The zero-order chi connectivity index (χ0) is 26.7. The summed E-state index contributed by atoms with van der Waals surface area (Å²) < 4.78 is 1.74. The van der Waals surface area contributed by atoms with Gasteiger partial charge >= 0.3 is 0 Å². The van der Waals surface area contributed by atoms with Crippen LogP contribution < -0.4 is 0 Å². The van der Waals surface area contributed by atoms with Gasteiger partial charge in [0.05, 0.1) is 16.4 Å². The van der Waals surface area contributed by atoms with Crippen LogP contribution >= 0.6 is 34.8 Å². The highest BCUT2D eigenvalue weighted by atomic mass is 35.5. The van der Waals surface area contributed by atoms with Gasteiger partial charge in [-0.25, -0.2) is 4.68 Å². The lowest BCUT2D eigenvalue weighted by atomic mass is 9.93. The van der Waals surface area contributed by atoms with E-state index >= 15 is 0 Å². The summed E-state index contributed by atoms with van der Waals surface area (Å²) in [5.41, 5.74) is 3.57. The van der Waals surface area contributed by atoms with Crippen molar-refractivity contribution < 1.29 is 4.79 Å². The zero-order valence-electron chi connectivity index (χ0n) is 21.6. The Kier molecular flexibility index (Phi) is 9.02. The molecular weight excluding hydrogens is 527 g/mol. The third-order valence-corrected chi connectivity index (χ3v) is 8.22. The number of rotatable bonds is 8. The van der Waals surface area contributed by atoms with Crippen LogP contribution in [0.5, 0.6) is 0 Å². The Morgan fingerprint density at radius 1 is 1.05 bits per heavy atom. The molecule has 4 rings (SSSR count). The number of halogens is 3. The molecule has 0 spiro atoms. The van der Waals surface area contributed by atoms with Crippen LogP contribution in [0, 0.1) is 12.8 Å². The summed E-state index contributed by atoms with van der Waals surface area (Å²) in [5, 5.41) is 6.43. The number of piperazine rings is 1. The molecule has 2 atom stereocenters. The van der Waals surface area contributed by atoms with E-state index in [1.807, 2.05) is 48.2 Å². The van der Waals surface area contributed by atoms with Gasteiger partial charge in [-0.3, -0.25) is 9.69 Å². The van der Waals surface area contributed by atoms with Gasteiger partial charge in [-0.1, -0.05) is 66.4 Å². The summed E-state index contributed by atoms with van der Waals surface area (Å²) in [6.45, 7) is 13.4. The number of allylic oxidation sites excluding steroid dienone is 1. The molecule has 0 bridgehead atoms. The molecule has 0 N–H and O–H groups in total. The monoisotopic (exact) mass is 558 g/mol. The molecule has 1 aromatic heterocycles. The Morgan fingerprint density at radius 3 is 2.30 bits per heavy atom. The number of hydrogen-bond acceptors (Lipinski definition) is 3. The van der Waals surface area contributed by atoms with Crippen molar-refractivity contribution in [1.29, 1.82) is 0 Å². The Labute approximate surface area is 234 Å². The van der Waals surface area contributed by atoms with Gasteiger partial charge in [0.1, 0.15) is 0 Å². The van der Waals surface area contributed by atoms with Gasteiger partial charge < -0.3 is 4.90 Å². The second kappa shape index (κ2) is 12.0. The first-order valence-corrected chi connectivity index (χ1v) is 13.8. The van der Waals surface area contributed by atoms with E-state index in [1.54, 1.807) is 16.8 Å². The van der Waals surface area contributed by atoms with Gasteiger partial charge in [-0.2, -0.15) is 5.10 Å². The Bertz CT molecular complexity index is 1260. The summed E-state index contributed by atoms with van der Waals surface area (Å²) in [7, 11) is 0. The first-order chi connectivity index (χ1) is 17.7. The van der Waals surface area contributed by atoms with E-state index in [0.29, 0.717) is 51.5 Å². The van der Waals surface area contributed by atoms with Gasteiger partial charge in [0.25, 0.3) is 5.91 Å². The van der Waals surface area contributed by atoms with Gasteiger partial charge in [-0.05, 0) is 56.5 Å². The van der Waals surface area contributed by atoms with Crippen LogP contribution in [-0.4, -0.2) is 57.7 Å². The summed E-state index contributed by atoms with van der Waals surface area (Å²) in [5.74, 6) is 0.505. The Morgan fingerprint density at radius 2 is 1.70 bits per heavy atom. The number of benzene rings is 2. The predicted molar refractivity (Wildman–Crippen MR) is 154 cm³/mol. The molecule has 3 aromatic rings. The molecule has 0 aliphatic carbocycles. The van der Waals surface area contributed by atoms with Gasteiger partial charge in [-0.15, -0.1) is 6.58 Å². The van der Waals surface area contributed by atoms with Crippen molar-refractivity contribution in [2.45, 2.75) is 39.7 Å². The first kappa shape index (κ1) is 27.7. The van der Waals surface area contributed by atoms with Crippen LogP contribution in [0.15, 0.2) is 55.1 Å². The fourth-order valence-corrected chi connectivity index (χ4v) is 5.79. The van der Waals surface area contributed by atoms with Crippen molar-refractivity contribution in [1.82, 2.24) is 19.6 Å². The molecule has 0 saturated carbocycles. The maximum atomic E-state index is 13.8. The van der Waals surface area contributed by atoms with Crippen LogP contribution in [0.3, 0.4) is 0 Å². The molecule has 0 radical (unpaired) electrons. The second-order valence-electron chi connectivity index (χ2n) is 9.60. The van der Waals surface area contributed by atoms with E-state index in [-0.39, 0.29) is 5.91 Å². The minimum Gasteiger partial charge on any atom is -0.335 e. The fraction of sp³-hybridized carbons (Fsp3) is 0.379. The van der Waals surface area contributed by atoms with E-state index in [1.165, 1.54) is 0 Å². The summed E-state index contributed by atoms with van der Waals surface area (Å²) >= 11 is 18.9.